The smallest absolute Gasteiger partial charge is 0.351 e. The lowest BCUT2D eigenvalue weighted by Crippen LogP contribution is -2.31. The second-order valence-electron chi connectivity index (χ2n) is 6.86. The van der Waals surface area contributed by atoms with E-state index in [0.29, 0.717) is 11.5 Å². The van der Waals surface area contributed by atoms with E-state index in [-0.39, 0.29) is 31.5 Å². The van der Waals surface area contributed by atoms with Gasteiger partial charge in [-0.15, -0.1) is 23.5 Å². The standard InChI is InChI=1S/C17H20F2N6O6S2/c18-8-1-24(10-5-32-12(3-26)30-10)16(28)22-14(8)20-7-21-15-9(19)2-25(17(29)23-15)11-6-33-13(4-27)31-11/h1-2,10-13,26-27H,3-7H2,(H,20,22,28)(H,21,23,29)/t10-,11-,12+,13+/m0/s1. The van der Waals surface area contributed by atoms with Gasteiger partial charge in [0.2, 0.25) is 0 Å². The molecule has 2 fully saturated rings. The summed E-state index contributed by atoms with van der Waals surface area (Å²) >= 11 is 2.58. The van der Waals surface area contributed by atoms with Gasteiger partial charge in [-0.25, -0.2) is 18.4 Å². The number of nitrogens with zero attached hydrogens (tertiary/aromatic N) is 4. The quantitative estimate of drug-likeness (QED) is 0.348. The highest BCUT2D eigenvalue weighted by Crippen LogP contribution is 2.31. The molecule has 180 valence electrons. The summed E-state index contributed by atoms with van der Waals surface area (Å²) in [5.41, 5.74) is -2.55. The van der Waals surface area contributed by atoms with Gasteiger partial charge in [-0.05, 0) is 0 Å². The second kappa shape index (κ2) is 10.4. The van der Waals surface area contributed by atoms with Crippen molar-refractivity contribution in [3.8, 4) is 0 Å². The van der Waals surface area contributed by atoms with Crippen LogP contribution in [-0.4, -0.2) is 71.6 Å². The van der Waals surface area contributed by atoms with E-state index in [1.165, 1.54) is 23.5 Å². The Bertz CT molecular complexity index is 1030. The van der Waals surface area contributed by atoms with Crippen LogP contribution in [0.1, 0.15) is 12.5 Å². The van der Waals surface area contributed by atoms with Gasteiger partial charge in [-0.3, -0.25) is 9.13 Å². The summed E-state index contributed by atoms with van der Waals surface area (Å²) in [6.07, 6.45) is 0.353. The molecular formula is C17H20F2N6O6S2. The highest BCUT2D eigenvalue weighted by atomic mass is 32.2. The molecule has 0 bridgehead atoms. The Kier molecular flexibility index (Phi) is 7.50. The van der Waals surface area contributed by atoms with Crippen LogP contribution in [0.4, 0.5) is 20.4 Å². The lowest BCUT2D eigenvalue weighted by Gasteiger charge is -2.16. The Hall–Kier alpha value is -2.24. The zero-order valence-corrected chi connectivity index (χ0v) is 18.5. The third kappa shape index (κ3) is 5.30. The van der Waals surface area contributed by atoms with Crippen LogP contribution in [0.5, 0.6) is 0 Å². The number of thioether (sulfide) groups is 2. The number of hydrogen-bond donors (Lipinski definition) is 4. The molecular weight excluding hydrogens is 486 g/mol. The van der Waals surface area contributed by atoms with Crippen molar-refractivity contribution >= 4 is 35.2 Å². The minimum absolute atomic E-state index is 0.234. The largest absolute Gasteiger partial charge is 0.393 e. The van der Waals surface area contributed by atoms with Crippen molar-refractivity contribution in [2.45, 2.75) is 23.3 Å². The molecule has 0 aliphatic carbocycles. The minimum Gasteiger partial charge on any atom is -0.393 e. The first-order valence-corrected chi connectivity index (χ1v) is 11.8. The Balaban J connectivity index is 1.39. The van der Waals surface area contributed by atoms with Crippen molar-refractivity contribution < 1.29 is 28.5 Å². The van der Waals surface area contributed by atoms with Crippen molar-refractivity contribution in [3.05, 3.63) is 45.0 Å². The van der Waals surface area contributed by atoms with E-state index < -0.39 is 46.3 Å². The van der Waals surface area contributed by atoms with Crippen LogP contribution in [0, 0.1) is 11.6 Å². The normalized spacial score (nSPS) is 24.8. The van der Waals surface area contributed by atoms with Gasteiger partial charge in [-0.2, -0.15) is 9.97 Å². The predicted octanol–water partition coefficient (Wildman–Crippen LogP) is -0.280. The molecule has 4 atom stereocenters. The number of hydrogen-bond acceptors (Lipinski definition) is 12. The monoisotopic (exact) mass is 506 g/mol. The summed E-state index contributed by atoms with van der Waals surface area (Å²) in [6, 6.07) is 0. The van der Waals surface area contributed by atoms with Crippen molar-refractivity contribution in [2.24, 2.45) is 0 Å². The van der Waals surface area contributed by atoms with Gasteiger partial charge >= 0.3 is 11.4 Å². The Morgan fingerprint density at radius 3 is 1.70 bits per heavy atom. The fourth-order valence-corrected chi connectivity index (χ4v) is 4.99. The summed E-state index contributed by atoms with van der Waals surface area (Å²) in [6.45, 7) is -0.754. The molecule has 2 aliphatic rings. The number of aliphatic hydroxyl groups excluding tert-OH is 2. The fraction of sp³-hybridized carbons (Fsp3) is 0.529. The van der Waals surface area contributed by atoms with Crippen LogP contribution in [0.25, 0.3) is 0 Å². The summed E-state index contributed by atoms with van der Waals surface area (Å²) in [4.78, 5) is 31.7. The number of aliphatic hydroxyl groups is 2. The van der Waals surface area contributed by atoms with Crippen LogP contribution >= 0.6 is 23.5 Å². The van der Waals surface area contributed by atoms with Gasteiger partial charge in [0, 0.05) is 11.5 Å². The molecule has 2 aromatic rings. The van der Waals surface area contributed by atoms with Crippen LogP contribution in [0.3, 0.4) is 0 Å². The van der Waals surface area contributed by atoms with Crippen molar-refractivity contribution in [1.82, 2.24) is 19.1 Å². The number of anilines is 2. The average Bonchev–Trinajstić information content (AvgIpc) is 3.47. The third-order valence-electron chi connectivity index (χ3n) is 4.71. The van der Waals surface area contributed by atoms with Gasteiger partial charge in [-0.1, -0.05) is 0 Å². The lowest BCUT2D eigenvalue weighted by molar-refractivity contribution is -0.00681. The summed E-state index contributed by atoms with van der Waals surface area (Å²) in [5.74, 6) is -1.77. The van der Waals surface area contributed by atoms with Gasteiger partial charge in [0.05, 0.1) is 32.3 Å². The predicted molar refractivity (Wildman–Crippen MR) is 116 cm³/mol. The average molecular weight is 507 g/mol. The highest BCUT2D eigenvalue weighted by molar-refractivity contribution is 8.00. The first kappa shape index (κ1) is 23.9. The van der Waals surface area contributed by atoms with Crippen LogP contribution in [0.15, 0.2) is 22.0 Å². The number of nitrogens with one attached hydrogen (secondary N) is 2. The highest BCUT2D eigenvalue weighted by Gasteiger charge is 2.29. The molecule has 0 amide bonds. The minimum atomic E-state index is -0.851. The SMILES string of the molecule is O=c1nc(NCNc2nc(=O)n([C@@H]3CS[C@H](CO)O3)cc2F)c(F)cn1[C@@H]1CS[C@H](CO)O1. The first-order chi connectivity index (χ1) is 15.9. The van der Waals surface area contributed by atoms with E-state index in [2.05, 4.69) is 20.6 Å². The summed E-state index contributed by atoms with van der Waals surface area (Å²) < 4.78 is 41.7. The van der Waals surface area contributed by atoms with E-state index in [1.54, 1.807) is 0 Å². The molecule has 0 saturated carbocycles. The fourth-order valence-electron chi connectivity index (χ4n) is 3.13. The molecule has 0 aromatic carbocycles. The van der Waals surface area contributed by atoms with E-state index >= 15 is 0 Å². The van der Waals surface area contributed by atoms with Crippen LogP contribution in [0.2, 0.25) is 0 Å². The maximum absolute atomic E-state index is 14.4. The molecule has 4 N–H and O–H groups in total. The molecule has 2 aliphatic heterocycles. The molecule has 0 radical (unpaired) electrons. The van der Waals surface area contributed by atoms with E-state index in [1.807, 2.05) is 0 Å². The van der Waals surface area contributed by atoms with E-state index in [9.17, 15) is 18.4 Å². The zero-order valence-electron chi connectivity index (χ0n) is 16.9. The second-order valence-corrected chi connectivity index (χ2v) is 9.24. The van der Waals surface area contributed by atoms with Gasteiger partial charge in [0.1, 0.15) is 23.3 Å². The van der Waals surface area contributed by atoms with Gasteiger partial charge in [0.15, 0.2) is 23.3 Å². The molecule has 33 heavy (non-hydrogen) atoms. The molecule has 0 spiro atoms. The van der Waals surface area contributed by atoms with E-state index in [0.717, 1.165) is 21.5 Å². The summed E-state index contributed by atoms with van der Waals surface area (Å²) in [7, 11) is 0. The first-order valence-electron chi connectivity index (χ1n) is 9.70. The Labute approximate surface area is 193 Å². The molecule has 4 heterocycles. The topological polar surface area (TPSA) is 153 Å². The molecule has 0 unspecified atom stereocenters. The number of ether oxygens (including phenoxy) is 2. The van der Waals surface area contributed by atoms with Gasteiger partial charge < -0.3 is 30.3 Å². The van der Waals surface area contributed by atoms with Crippen molar-refractivity contribution in [1.29, 1.82) is 0 Å². The molecule has 12 nitrogen and oxygen atoms in total. The third-order valence-corrected chi connectivity index (χ3v) is 6.93. The molecule has 4 rings (SSSR count). The Morgan fingerprint density at radius 1 is 0.909 bits per heavy atom. The maximum Gasteiger partial charge on any atom is 0.351 e. The van der Waals surface area contributed by atoms with Crippen LogP contribution in [-0.2, 0) is 9.47 Å². The zero-order chi connectivity index (χ0) is 23.5. The number of rotatable bonds is 8. The lowest BCUT2D eigenvalue weighted by atomic mass is 10.5. The van der Waals surface area contributed by atoms with Crippen molar-refractivity contribution in [2.75, 3.05) is 42.0 Å². The number of halogens is 2. The Morgan fingerprint density at radius 2 is 1.33 bits per heavy atom. The van der Waals surface area contributed by atoms with Gasteiger partial charge in [0.25, 0.3) is 0 Å². The van der Waals surface area contributed by atoms with Crippen LogP contribution < -0.4 is 22.0 Å². The summed E-state index contributed by atoms with van der Waals surface area (Å²) in [5, 5.41) is 23.2. The molecule has 2 aromatic heterocycles. The van der Waals surface area contributed by atoms with E-state index in [4.69, 9.17) is 19.7 Å². The molecule has 16 heteroatoms. The van der Waals surface area contributed by atoms with Crippen molar-refractivity contribution in [3.63, 3.8) is 0 Å². The number of aromatic nitrogens is 4. The molecule has 2 saturated heterocycles. The maximum atomic E-state index is 14.4.